The molecule has 0 heterocycles. The molecule has 0 radical (unpaired) electrons. The summed E-state index contributed by atoms with van der Waals surface area (Å²) in [5.74, 6) is -0.854. The molecule has 1 aromatic carbocycles. The Hall–Kier alpha value is -2.81. The van der Waals surface area contributed by atoms with Gasteiger partial charge in [0.1, 0.15) is 23.4 Å². The Kier molecular flexibility index (Phi) is 12.9. The topological polar surface area (TPSA) is 128 Å². The van der Waals surface area contributed by atoms with Crippen LogP contribution >= 0.6 is 0 Å². The summed E-state index contributed by atoms with van der Waals surface area (Å²) in [6.45, 7) is 14.3. The number of hydrogen-bond acceptors (Lipinski definition) is 6. The highest BCUT2D eigenvalue weighted by atomic mass is 16.6. The van der Waals surface area contributed by atoms with Crippen LogP contribution in [0.15, 0.2) is 24.3 Å². The highest BCUT2D eigenvalue weighted by Crippen LogP contribution is 2.32. The van der Waals surface area contributed by atoms with Gasteiger partial charge in [0.05, 0.1) is 6.61 Å². The Morgan fingerprint density at radius 2 is 1.62 bits per heavy atom. The van der Waals surface area contributed by atoms with Crippen LogP contribution in [0.1, 0.15) is 92.7 Å². The monoisotopic (exact) mass is 521 g/mol. The van der Waals surface area contributed by atoms with Crippen molar-refractivity contribution in [3.63, 3.8) is 0 Å². The maximum Gasteiger partial charge on any atom is 0.408 e. The number of amides is 3. The Morgan fingerprint density at radius 1 is 1.00 bits per heavy atom. The number of nitrogens with one attached hydrogen (secondary N) is 2. The number of phenols is 1. The summed E-state index contributed by atoms with van der Waals surface area (Å²) in [5.41, 5.74) is -0.534. The Labute approximate surface area is 222 Å². The zero-order chi connectivity index (χ0) is 28.3. The second-order valence-electron chi connectivity index (χ2n) is 11.1. The number of para-hydroxylation sites is 1. The van der Waals surface area contributed by atoms with Gasteiger partial charge in [-0.25, -0.2) is 4.79 Å². The van der Waals surface area contributed by atoms with Crippen molar-refractivity contribution in [1.82, 2.24) is 15.5 Å². The quantitative estimate of drug-likeness (QED) is 0.307. The average Bonchev–Trinajstić information content (AvgIpc) is 2.78. The molecule has 0 aliphatic rings. The van der Waals surface area contributed by atoms with E-state index in [4.69, 9.17) is 4.74 Å². The molecule has 0 saturated heterocycles. The number of aliphatic hydroxyl groups is 1. The molecule has 4 N–H and O–H groups in total. The molecule has 210 valence electrons. The lowest BCUT2D eigenvalue weighted by Crippen LogP contribution is -2.57. The van der Waals surface area contributed by atoms with Crippen molar-refractivity contribution in [2.75, 3.05) is 6.61 Å². The number of carbonyl (C=O) groups excluding carboxylic acids is 3. The molecule has 4 atom stereocenters. The number of ether oxygens (including phenoxy) is 1. The van der Waals surface area contributed by atoms with Crippen LogP contribution in [-0.4, -0.2) is 63.4 Å². The fraction of sp³-hybridized carbons (Fsp3) is 0.679. The minimum atomic E-state index is -1.34. The molecule has 0 spiro atoms. The third-order valence-electron chi connectivity index (χ3n) is 5.93. The minimum absolute atomic E-state index is 0.125. The first-order chi connectivity index (χ1) is 17.2. The number of benzene rings is 1. The number of alkyl carbamates (subject to hydrolysis) is 1. The van der Waals surface area contributed by atoms with Crippen LogP contribution in [0.3, 0.4) is 0 Å². The summed E-state index contributed by atoms with van der Waals surface area (Å²) >= 11 is 0. The lowest BCUT2D eigenvalue weighted by atomic mass is 9.96. The van der Waals surface area contributed by atoms with Crippen molar-refractivity contribution < 1.29 is 29.3 Å². The summed E-state index contributed by atoms with van der Waals surface area (Å²) < 4.78 is 5.28. The predicted molar refractivity (Wildman–Crippen MR) is 144 cm³/mol. The van der Waals surface area contributed by atoms with Gasteiger partial charge in [0, 0.05) is 17.6 Å². The first kappa shape index (κ1) is 32.2. The molecule has 37 heavy (non-hydrogen) atoms. The van der Waals surface area contributed by atoms with Crippen molar-refractivity contribution in [3.8, 4) is 5.75 Å². The van der Waals surface area contributed by atoms with Crippen LogP contribution in [0.25, 0.3) is 0 Å². The largest absolute Gasteiger partial charge is 0.508 e. The fourth-order valence-corrected chi connectivity index (χ4v) is 4.09. The second-order valence-corrected chi connectivity index (χ2v) is 11.1. The highest BCUT2D eigenvalue weighted by Gasteiger charge is 2.40. The highest BCUT2D eigenvalue weighted by molar-refractivity contribution is 5.93. The molecular weight excluding hydrogens is 474 g/mol. The zero-order valence-electron chi connectivity index (χ0n) is 23.7. The summed E-state index contributed by atoms with van der Waals surface area (Å²) in [5, 5.41) is 26.2. The van der Waals surface area contributed by atoms with Crippen molar-refractivity contribution in [2.24, 2.45) is 5.92 Å². The standard InChI is InChI=1S/C28H47N3O6/c1-9-12-19(4)29-25(34)24(21-13-10-11-14-23(21)33)31(20(5)16-15-18(2)3)26(35)22(17-32)30-27(36)37-28(6,7)8/h10-11,13-14,18-20,22,24,32-33H,9,12,15-17H2,1-8H3,(H,29,34)(H,30,36). The molecule has 0 bridgehead atoms. The maximum absolute atomic E-state index is 13.9. The van der Waals surface area contributed by atoms with E-state index in [1.807, 2.05) is 20.8 Å². The van der Waals surface area contributed by atoms with Gasteiger partial charge in [-0.3, -0.25) is 9.59 Å². The van der Waals surface area contributed by atoms with Crippen LogP contribution in [-0.2, 0) is 14.3 Å². The van der Waals surface area contributed by atoms with E-state index in [0.717, 1.165) is 19.3 Å². The predicted octanol–water partition coefficient (Wildman–Crippen LogP) is 4.28. The summed E-state index contributed by atoms with van der Waals surface area (Å²) in [7, 11) is 0. The number of hydrogen-bond donors (Lipinski definition) is 4. The van der Waals surface area contributed by atoms with Gasteiger partial charge in [-0.1, -0.05) is 45.4 Å². The molecule has 4 unspecified atom stereocenters. The number of nitrogens with zero attached hydrogens (tertiary/aromatic N) is 1. The van der Waals surface area contributed by atoms with Gasteiger partial charge in [0.15, 0.2) is 0 Å². The van der Waals surface area contributed by atoms with Gasteiger partial charge >= 0.3 is 6.09 Å². The Balaban J connectivity index is 3.54. The third-order valence-corrected chi connectivity index (χ3v) is 5.93. The molecule has 0 saturated carbocycles. The number of phenolic OH excluding ortho intramolecular Hbond substituents is 1. The molecule has 0 aromatic heterocycles. The molecule has 1 aromatic rings. The van der Waals surface area contributed by atoms with E-state index in [1.165, 1.54) is 11.0 Å². The van der Waals surface area contributed by atoms with Gasteiger partial charge in [0.25, 0.3) is 0 Å². The zero-order valence-corrected chi connectivity index (χ0v) is 23.7. The normalized spacial score (nSPS) is 14.9. The molecule has 3 amide bonds. The van der Waals surface area contributed by atoms with Gasteiger partial charge in [-0.15, -0.1) is 0 Å². The van der Waals surface area contributed by atoms with E-state index < -0.39 is 48.2 Å². The van der Waals surface area contributed by atoms with E-state index in [9.17, 15) is 24.6 Å². The fourth-order valence-electron chi connectivity index (χ4n) is 4.09. The van der Waals surface area contributed by atoms with Crippen LogP contribution in [0.4, 0.5) is 4.79 Å². The van der Waals surface area contributed by atoms with Crippen molar-refractivity contribution in [2.45, 2.75) is 111 Å². The van der Waals surface area contributed by atoms with E-state index in [-0.39, 0.29) is 17.4 Å². The lowest BCUT2D eigenvalue weighted by molar-refractivity contribution is -0.146. The summed E-state index contributed by atoms with van der Waals surface area (Å²) in [6.07, 6.45) is 2.12. The molecule has 0 aliphatic carbocycles. The SMILES string of the molecule is CCCC(C)NC(=O)C(c1ccccc1O)N(C(=O)C(CO)NC(=O)OC(C)(C)C)C(C)CCC(C)C. The van der Waals surface area contributed by atoms with E-state index in [0.29, 0.717) is 12.3 Å². The summed E-state index contributed by atoms with van der Waals surface area (Å²) in [6, 6.07) is 3.29. The molecule has 1 rings (SSSR count). The lowest BCUT2D eigenvalue weighted by Gasteiger charge is -2.39. The first-order valence-electron chi connectivity index (χ1n) is 13.2. The number of aliphatic hydroxyl groups excluding tert-OH is 1. The first-order valence-corrected chi connectivity index (χ1v) is 13.2. The maximum atomic E-state index is 13.9. The van der Waals surface area contributed by atoms with E-state index in [2.05, 4.69) is 24.5 Å². The van der Waals surface area contributed by atoms with Crippen molar-refractivity contribution >= 4 is 17.9 Å². The van der Waals surface area contributed by atoms with E-state index >= 15 is 0 Å². The van der Waals surface area contributed by atoms with Gasteiger partial charge in [0.2, 0.25) is 11.8 Å². The number of rotatable bonds is 13. The molecule has 0 aliphatic heterocycles. The Bertz CT molecular complexity index is 883. The van der Waals surface area contributed by atoms with Gasteiger partial charge < -0.3 is 30.5 Å². The smallest absolute Gasteiger partial charge is 0.408 e. The summed E-state index contributed by atoms with van der Waals surface area (Å²) in [4.78, 5) is 41.5. The van der Waals surface area contributed by atoms with Gasteiger partial charge in [-0.2, -0.15) is 0 Å². The third kappa shape index (κ3) is 10.6. The van der Waals surface area contributed by atoms with Crippen molar-refractivity contribution in [1.29, 1.82) is 0 Å². The van der Waals surface area contributed by atoms with Crippen molar-refractivity contribution in [3.05, 3.63) is 29.8 Å². The van der Waals surface area contributed by atoms with E-state index in [1.54, 1.807) is 39.0 Å². The Morgan fingerprint density at radius 3 is 2.14 bits per heavy atom. The molecule has 9 heteroatoms. The van der Waals surface area contributed by atoms with Crippen LogP contribution in [0.5, 0.6) is 5.75 Å². The van der Waals surface area contributed by atoms with Crippen LogP contribution < -0.4 is 10.6 Å². The molecule has 0 fully saturated rings. The molecule has 9 nitrogen and oxygen atoms in total. The number of carbonyl (C=O) groups is 3. The number of aromatic hydroxyl groups is 1. The minimum Gasteiger partial charge on any atom is -0.508 e. The van der Waals surface area contributed by atoms with Crippen LogP contribution in [0.2, 0.25) is 0 Å². The van der Waals surface area contributed by atoms with Gasteiger partial charge in [-0.05, 0) is 65.9 Å². The molecular formula is C28H47N3O6. The second kappa shape index (κ2) is 14.8. The van der Waals surface area contributed by atoms with Crippen LogP contribution in [0, 0.1) is 5.92 Å². The average molecular weight is 522 g/mol.